The molecular formula is C4H11ClN2S. The third-order valence-electron chi connectivity index (χ3n) is 0.616. The molecule has 0 radical (unpaired) electrons. The zero-order valence-corrected chi connectivity index (χ0v) is 6.66. The van der Waals surface area contributed by atoms with Gasteiger partial charge in [-0.1, -0.05) is 12.2 Å². The molecule has 0 atom stereocenters. The Hall–Kier alpha value is 0.140. The van der Waals surface area contributed by atoms with Crippen molar-refractivity contribution >= 4 is 29.6 Å². The van der Waals surface area contributed by atoms with Gasteiger partial charge in [0.2, 0.25) is 0 Å². The van der Waals surface area contributed by atoms with Gasteiger partial charge in [-0.3, -0.25) is 0 Å². The molecule has 0 heterocycles. The fourth-order valence-electron chi connectivity index (χ4n) is 0.249. The normalized spacial score (nSPS) is 7.25. The van der Waals surface area contributed by atoms with Crippen molar-refractivity contribution in [3.05, 3.63) is 0 Å². The minimum absolute atomic E-state index is 0. The summed E-state index contributed by atoms with van der Waals surface area (Å²) in [5.74, 6) is 0. The van der Waals surface area contributed by atoms with Crippen LogP contribution in [0, 0.1) is 0 Å². The Morgan fingerprint density at radius 2 is 2.00 bits per heavy atom. The zero-order valence-electron chi connectivity index (χ0n) is 5.02. The average Bonchev–Trinajstić information content (AvgIpc) is 1.68. The summed E-state index contributed by atoms with van der Waals surface area (Å²) < 4.78 is 0. The Morgan fingerprint density at radius 3 is 2.12 bits per heavy atom. The molecule has 4 heteroatoms. The van der Waals surface area contributed by atoms with Crippen LogP contribution >= 0.6 is 24.6 Å². The number of likely N-dealkylation sites (N-methyl/N-ethyl adjacent to an activating group) is 2. The van der Waals surface area contributed by atoms with Crippen molar-refractivity contribution in [1.29, 1.82) is 0 Å². The number of halogens is 1. The van der Waals surface area contributed by atoms with Crippen LogP contribution in [-0.2, 0) is 0 Å². The third-order valence-corrected chi connectivity index (χ3v) is 0.965. The molecule has 0 unspecified atom stereocenters. The summed E-state index contributed by atoms with van der Waals surface area (Å²) in [6.45, 7) is 0.770. The van der Waals surface area contributed by atoms with Gasteiger partial charge in [0, 0.05) is 13.6 Å². The van der Waals surface area contributed by atoms with E-state index in [4.69, 9.17) is 12.2 Å². The van der Waals surface area contributed by atoms with Crippen molar-refractivity contribution in [2.24, 2.45) is 0 Å². The molecule has 0 bridgehead atoms. The SMILES string of the molecule is CNCC(=S)NC.Cl. The molecule has 0 aliphatic carbocycles. The van der Waals surface area contributed by atoms with Crippen LogP contribution in [0.15, 0.2) is 0 Å². The Bertz CT molecular complexity index is 67.1. The predicted octanol–water partition coefficient (Wildman–Crippen LogP) is 0.174. The first kappa shape index (κ1) is 11.0. The van der Waals surface area contributed by atoms with Crippen molar-refractivity contribution < 1.29 is 0 Å². The van der Waals surface area contributed by atoms with Gasteiger partial charge in [0.1, 0.15) is 0 Å². The van der Waals surface area contributed by atoms with E-state index < -0.39 is 0 Å². The molecule has 0 aliphatic heterocycles. The second-order valence-electron chi connectivity index (χ2n) is 1.20. The van der Waals surface area contributed by atoms with Gasteiger partial charge in [0.05, 0.1) is 4.99 Å². The van der Waals surface area contributed by atoms with E-state index in [1.165, 1.54) is 0 Å². The predicted molar refractivity (Wildman–Crippen MR) is 42.8 cm³/mol. The monoisotopic (exact) mass is 154 g/mol. The quantitative estimate of drug-likeness (QED) is 0.555. The number of nitrogens with one attached hydrogen (secondary N) is 2. The Labute approximate surface area is 61.4 Å². The largest absolute Gasteiger partial charge is 0.382 e. The molecule has 0 aromatic rings. The Morgan fingerprint density at radius 1 is 1.50 bits per heavy atom. The molecule has 0 fully saturated rings. The zero-order chi connectivity index (χ0) is 5.70. The maximum absolute atomic E-state index is 4.78. The van der Waals surface area contributed by atoms with E-state index in [0.717, 1.165) is 11.5 Å². The molecule has 2 nitrogen and oxygen atoms in total. The summed E-state index contributed by atoms with van der Waals surface area (Å²) in [6, 6.07) is 0. The van der Waals surface area contributed by atoms with Gasteiger partial charge in [-0.15, -0.1) is 12.4 Å². The van der Waals surface area contributed by atoms with Crippen molar-refractivity contribution in [2.75, 3.05) is 20.6 Å². The van der Waals surface area contributed by atoms with Crippen LogP contribution in [0.2, 0.25) is 0 Å². The number of thiocarbonyl (C=S) groups is 1. The number of hydrogen-bond donors (Lipinski definition) is 2. The second-order valence-corrected chi connectivity index (χ2v) is 1.70. The van der Waals surface area contributed by atoms with Gasteiger partial charge in [-0.2, -0.15) is 0 Å². The first-order valence-corrected chi connectivity index (χ1v) is 2.57. The molecule has 0 aromatic heterocycles. The fraction of sp³-hybridized carbons (Fsp3) is 0.750. The molecule has 2 N–H and O–H groups in total. The highest BCUT2D eigenvalue weighted by molar-refractivity contribution is 7.80. The minimum Gasteiger partial charge on any atom is -0.382 e. The van der Waals surface area contributed by atoms with Gasteiger partial charge < -0.3 is 10.6 Å². The van der Waals surface area contributed by atoms with Crippen LogP contribution in [0.1, 0.15) is 0 Å². The Balaban J connectivity index is 0. The first-order chi connectivity index (χ1) is 3.31. The summed E-state index contributed by atoms with van der Waals surface area (Å²) in [5.41, 5.74) is 0. The first-order valence-electron chi connectivity index (χ1n) is 2.16. The molecule has 0 rings (SSSR count). The van der Waals surface area contributed by atoms with Gasteiger partial charge in [0.15, 0.2) is 0 Å². The van der Waals surface area contributed by atoms with Gasteiger partial charge in [-0.05, 0) is 7.05 Å². The summed E-state index contributed by atoms with van der Waals surface area (Å²) in [7, 11) is 3.68. The molecule has 50 valence electrons. The highest BCUT2D eigenvalue weighted by Gasteiger charge is 1.83. The Kier molecular flexibility index (Phi) is 9.82. The highest BCUT2D eigenvalue weighted by Crippen LogP contribution is 1.61. The number of rotatable bonds is 2. The molecule has 0 spiro atoms. The third kappa shape index (κ3) is 6.14. The lowest BCUT2D eigenvalue weighted by Crippen LogP contribution is -2.27. The molecule has 8 heavy (non-hydrogen) atoms. The molecule has 0 saturated carbocycles. The van der Waals surface area contributed by atoms with Crippen LogP contribution in [0.4, 0.5) is 0 Å². The van der Waals surface area contributed by atoms with Crippen molar-refractivity contribution in [2.45, 2.75) is 0 Å². The van der Waals surface area contributed by atoms with Crippen LogP contribution < -0.4 is 10.6 Å². The summed E-state index contributed by atoms with van der Waals surface area (Å²) in [4.78, 5) is 0.850. The van der Waals surface area contributed by atoms with E-state index in [1.807, 2.05) is 14.1 Å². The second kappa shape index (κ2) is 7.14. The van der Waals surface area contributed by atoms with E-state index in [-0.39, 0.29) is 12.4 Å². The van der Waals surface area contributed by atoms with Crippen LogP contribution in [0.3, 0.4) is 0 Å². The lowest BCUT2D eigenvalue weighted by molar-refractivity contribution is 0.929. The van der Waals surface area contributed by atoms with Crippen LogP contribution in [0.5, 0.6) is 0 Å². The van der Waals surface area contributed by atoms with E-state index in [1.54, 1.807) is 0 Å². The standard InChI is InChI=1S/C4H10N2S.ClH/c1-5-3-4(7)6-2;/h5H,3H2,1-2H3,(H,6,7);1H. The van der Waals surface area contributed by atoms with Gasteiger partial charge in [-0.25, -0.2) is 0 Å². The van der Waals surface area contributed by atoms with E-state index in [2.05, 4.69) is 10.6 Å². The molecular weight excluding hydrogens is 144 g/mol. The van der Waals surface area contributed by atoms with Crippen LogP contribution in [0.25, 0.3) is 0 Å². The summed E-state index contributed by atoms with van der Waals surface area (Å²) >= 11 is 4.78. The average molecular weight is 155 g/mol. The number of hydrogen-bond acceptors (Lipinski definition) is 2. The lowest BCUT2D eigenvalue weighted by atomic mass is 10.6. The fourth-order valence-corrected chi connectivity index (χ4v) is 0.393. The van der Waals surface area contributed by atoms with Crippen molar-refractivity contribution in [3.8, 4) is 0 Å². The summed E-state index contributed by atoms with van der Waals surface area (Å²) in [5, 5.41) is 5.75. The van der Waals surface area contributed by atoms with E-state index >= 15 is 0 Å². The highest BCUT2D eigenvalue weighted by atomic mass is 35.5. The molecule has 0 amide bonds. The van der Waals surface area contributed by atoms with E-state index in [9.17, 15) is 0 Å². The smallest absolute Gasteiger partial charge is 0.0891 e. The topological polar surface area (TPSA) is 24.1 Å². The van der Waals surface area contributed by atoms with Gasteiger partial charge >= 0.3 is 0 Å². The van der Waals surface area contributed by atoms with Crippen LogP contribution in [-0.4, -0.2) is 25.6 Å². The van der Waals surface area contributed by atoms with Gasteiger partial charge in [0.25, 0.3) is 0 Å². The van der Waals surface area contributed by atoms with Crippen molar-refractivity contribution in [3.63, 3.8) is 0 Å². The maximum Gasteiger partial charge on any atom is 0.0891 e. The minimum atomic E-state index is 0. The molecule has 0 aliphatic rings. The maximum atomic E-state index is 4.78. The molecule has 0 aromatic carbocycles. The summed E-state index contributed by atoms with van der Waals surface area (Å²) in [6.07, 6.45) is 0. The molecule has 0 saturated heterocycles. The van der Waals surface area contributed by atoms with E-state index in [0.29, 0.717) is 0 Å². The lowest BCUT2D eigenvalue weighted by Gasteiger charge is -1.97. The van der Waals surface area contributed by atoms with Crippen molar-refractivity contribution in [1.82, 2.24) is 10.6 Å².